The van der Waals surface area contributed by atoms with Crippen molar-refractivity contribution in [1.29, 1.82) is 10.8 Å². The lowest BCUT2D eigenvalue weighted by Gasteiger charge is -2.13. The highest BCUT2D eigenvalue weighted by Crippen LogP contribution is 2.31. The van der Waals surface area contributed by atoms with Gasteiger partial charge in [0.25, 0.3) is 0 Å². The second-order valence-electron chi connectivity index (χ2n) is 4.62. The summed E-state index contributed by atoms with van der Waals surface area (Å²) in [6.07, 6.45) is 0. The van der Waals surface area contributed by atoms with Crippen LogP contribution in [0.2, 0.25) is 0 Å². The molecule has 0 heterocycles. The molecule has 0 aliphatic rings. The first-order valence-corrected chi connectivity index (χ1v) is 8.65. The van der Waals surface area contributed by atoms with E-state index in [-0.39, 0.29) is 10.3 Å². The fraction of sp³-hybridized carbons (Fsp3) is 0.125. The van der Waals surface area contributed by atoms with E-state index >= 15 is 0 Å². The van der Waals surface area contributed by atoms with Gasteiger partial charge in [-0.1, -0.05) is 72.1 Å². The Morgan fingerprint density at radius 2 is 1.09 bits per heavy atom. The summed E-state index contributed by atoms with van der Waals surface area (Å²) in [5, 5.41) is 15.0. The van der Waals surface area contributed by atoms with Crippen LogP contribution >= 0.6 is 23.5 Å². The summed E-state index contributed by atoms with van der Waals surface area (Å²) in [6.45, 7) is 0. The van der Waals surface area contributed by atoms with Gasteiger partial charge in [-0.25, -0.2) is 0 Å². The molecule has 0 bridgehead atoms. The lowest BCUT2D eigenvalue weighted by atomic mass is 9.97. The monoisotopic (exact) mass is 330 g/mol. The van der Waals surface area contributed by atoms with Crippen LogP contribution in [-0.2, 0) is 11.5 Å². The molecule has 0 fully saturated rings. The lowest BCUT2D eigenvalue weighted by molar-refractivity contribution is 1.36. The molecule has 0 saturated heterocycles. The van der Waals surface area contributed by atoms with Crippen LogP contribution in [0.1, 0.15) is 11.1 Å². The molecule has 0 aliphatic carbocycles. The van der Waals surface area contributed by atoms with Crippen molar-refractivity contribution in [2.45, 2.75) is 11.5 Å². The molecule has 0 atom stereocenters. The average Bonchev–Trinajstić information content (AvgIpc) is 2.51. The Morgan fingerprint density at radius 3 is 1.45 bits per heavy atom. The van der Waals surface area contributed by atoms with Gasteiger partial charge in [-0.3, -0.25) is 10.8 Å². The zero-order chi connectivity index (χ0) is 15.9. The van der Waals surface area contributed by atoms with Crippen molar-refractivity contribution in [2.24, 2.45) is 11.5 Å². The van der Waals surface area contributed by atoms with Gasteiger partial charge >= 0.3 is 0 Å². The fourth-order valence-electron chi connectivity index (χ4n) is 2.13. The van der Waals surface area contributed by atoms with Gasteiger partial charge in [0.05, 0.1) is 0 Å². The molecule has 22 heavy (non-hydrogen) atoms. The maximum absolute atomic E-state index is 7.37. The Balaban J connectivity index is 2.35. The van der Waals surface area contributed by atoms with Crippen LogP contribution in [0.25, 0.3) is 11.1 Å². The smallest absolute Gasteiger partial charge is 0.151 e. The minimum absolute atomic E-state index is 0.121. The van der Waals surface area contributed by atoms with Gasteiger partial charge in [0.2, 0.25) is 0 Å². The summed E-state index contributed by atoms with van der Waals surface area (Å²) in [5.74, 6) is 1.33. The van der Waals surface area contributed by atoms with Crippen LogP contribution in [0.15, 0.2) is 48.5 Å². The highest BCUT2D eigenvalue weighted by molar-refractivity contribution is 8.13. The molecule has 0 spiro atoms. The topological polar surface area (TPSA) is 99.7 Å². The lowest BCUT2D eigenvalue weighted by Crippen LogP contribution is -2.05. The van der Waals surface area contributed by atoms with Crippen LogP contribution in [0.3, 0.4) is 0 Å². The zero-order valence-corrected chi connectivity index (χ0v) is 13.6. The Kier molecular flexibility index (Phi) is 5.91. The molecular formula is C16H18N4S2. The Morgan fingerprint density at radius 1 is 0.727 bits per heavy atom. The summed E-state index contributed by atoms with van der Waals surface area (Å²) in [7, 11) is 0. The highest BCUT2D eigenvalue weighted by atomic mass is 32.2. The van der Waals surface area contributed by atoms with Crippen molar-refractivity contribution in [3.05, 3.63) is 59.7 Å². The number of hydrogen-bond acceptors (Lipinski definition) is 4. The summed E-state index contributed by atoms with van der Waals surface area (Å²) < 4.78 is 0. The van der Waals surface area contributed by atoms with E-state index in [0.29, 0.717) is 11.5 Å². The van der Waals surface area contributed by atoms with Crippen LogP contribution in [-0.4, -0.2) is 10.3 Å². The van der Waals surface area contributed by atoms with Gasteiger partial charge in [0, 0.05) is 11.5 Å². The van der Waals surface area contributed by atoms with Gasteiger partial charge in [0.15, 0.2) is 10.3 Å². The third kappa shape index (κ3) is 4.54. The molecule has 0 saturated carbocycles. The van der Waals surface area contributed by atoms with Gasteiger partial charge in [0.1, 0.15) is 0 Å². The molecule has 0 radical (unpaired) electrons. The maximum Gasteiger partial charge on any atom is 0.151 e. The van der Waals surface area contributed by atoms with Crippen molar-refractivity contribution in [3.63, 3.8) is 0 Å². The first-order chi connectivity index (χ1) is 10.6. The average molecular weight is 330 g/mol. The van der Waals surface area contributed by atoms with Crippen LogP contribution in [0.4, 0.5) is 0 Å². The summed E-state index contributed by atoms with van der Waals surface area (Å²) in [4.78, 5) is 0. The molecule has 0 aromatic heterocycles. The molecule has 2 aromatic rings. The molecule has 4 nitrogen and oxygen atoms in total. The minimum Gasteiger partial charge on any atom is -0.379 e. The van der Waals surface area contributed by atoms with Crippen LogP contribution < -0.4 is 11.5 Å². The molecule has 2 rings (SSSR count). The Bertz CT molecular complexity index is 626. The van der Waals surface area contributed by atoms with Crippen molar-refractivity contribution < 1.29 is 0 Å². The largest absolute Gasteiger partial charge is 0.379 e. The fourth-order valence-corrected chi connectivity index (χ4v) is 3.25. The summed E-state index contributed by atoms with van der Waals surface area (Å²) in [5.41, 5.74) is 15.4. The number of nitrogens with one attached hydrogen (secondary N) is 2. The number of benzene rings is 2. The molecule has 0 amide bonds. The minimum atomic E-state index is 0.121. The van der Waals surface area contributed by atoms with Gasteiger partial charge in [-0.05, 0) is 22.3 Å². The van der Waals surface area contributed by atoms with Gasteiger partial charge in [-0.2, -0.15) is 0 Å². The molecule has 0 unspecified atom stereocenters. The van der Waals surface area contributed by atoms with E-state index in [1.54, 1.807) is 0 Å². The standard InChI is InChI=1S/C16H18N4S2/c17-15(18)21-9-11-5-1-3-7-13(11)14-8-4-2-6-12(14)10-22-16(19)20/h1-8H,9-10H2,(H3,17,18)(H3,19,20). The molecular weight excluding hydrogens is 312 g/mol. The Labute approximate surface area is 138 Å². The first-order valence-electron chi connectivity index (χ1n) is 6.67. The van der Waals surface area contributed by atoms with E-state index < -0.39 is 0 Å². The van der Waals surface area contributed by atoms with Crippen molar-refractivity contribution in [2.75, 3.05) is 0 Å². The molecule has 6 N–H and O–H groups in total. The first kappa shape index (κ1) is 16.5. The number of nitrogens with two attached hydrogens (primary N) is 2. The number of amidine groups is 2. The van der Waals surface area contributed by atoms with Crippen molar-refractivity contribution in [3.8, 4) is 11.1 Å². The van der Waals surface area contributed by atoms with Crippen molar-refractivity contribution in [1.82, 2.24) is 0 Å². The second-order valence-corrected chi connectivity index (χ2v) is 6.65. The predicted molar refractivity (Wildman–Crippen MR) is 98.3 cm³/mol. The number of rotatable bonds is 5. The van der Waals surface area contributed by atoms with Crippen LogP contribution in [0.5, 0.6) is 0 Å². The van der Waals surface area contributed by atoms with E-state index in [1.807, 2.05) is 24.3 Å². The summed E-state index contributed by atoms with van der Waals surface area (Å²) >= 11 is 2.64. The molecule has 114 valence electrons. The van der Waals surface area contributed by atoms with E-state index in [9.17, 15) is 0 Å². The van der Waals surface area contributed by atoms with Gasteiger partial charge < -0.3 is 11.5 Å². The van der Waals surface area contributed by atoms with E-state index in [1.165, 1.54) is 23.5 Å². The number of hydrogen-bond donors (Lipinski definition) is 4. The molecule has 0 aliphatic heterocycles. The normalized spacial score (nSPS) is 10.4. The van der Waals surface area contributed by atoms with E-state index in [2.05, 4.69) is 24.3 Å². The number of thioether (sulfide) groups is 2. The van der Waals surface area contributed by atoms with Crippen molar-refractivity contribution >= 4 is 33.9 Å². The SMILES string of the molecule is N=C(N)SCc1ccccc1-c1ccccc1CSC(=N)N. The Hall–Kier alpha value is -1.92. The maximum atomic E-state index is 7.37. The van der Waals surface area contributed by atoms with Gasteiger partial charge in [-0.15, -0.1) is 0 Å². The van der Waals surface area contributed by atoms with E-state index in [4.69, 9.17) is 22.3 Å². The van der Waals surface area contributed by atoms with Crippen LogP contribution in [0, 0.1) is 10.8 Å². The third-order valence-electron chi connectivity index (χ3n) is 3.09. The molecule has 2 aromatic carbocycles. The third-order valence-corrected chi connectivity index (χ3v) is 4.62. The molecule has 6 heteroatoms. The predicted octanol–water partition coefficient (Wildman–Crippen LogP) is 3.61. The summed E-state index contributed by atoms with van der Waals surface area (Å²) in [6, 6.07) is 16.3. The van der Waals surface area contributed by atoms with E-state index in [0.717, 1.165) is 22.3 Å². The highest BCUT2D eigenvalue weighted by Gasteiger charge is 2.10. The second kappa shape index (κ2) is 7.91. The zero-order valence-electron chi connectivity index (χ0n) is 12.0. The quantitative estimate of drug-likeness (QED) is 0.497.